The van der Waals surface area contributed by atoms with Gasteiger partial charge in [0.1, 0.15) is 0 Å². The predicted molar refractivity (Wildman–Crippen MR) is 66.9 cm³/mol. The Morgan fingerprint density at radius 1 is 1.33 bits per heavy atom. The number of carbonyl (C=O) groups is 2. The van der Waals surface area contributed by atoms with E-state index >= 15 is 0 Å². The van der Waals surface area contributed by atoms with Gasteiger partial charge in [0.2, 0.25) is 0 Å². The van der Waals surface area contributed by atoms with Crippen LogP contribution in [0.5, 0.6) is 0 Å². The molecule has 5 nitrogen and oxygen atoms in total. The zero-order valence-electron chi connectivity index (χ0n) is 10.7. The number of amides is 1. The topological polar surface area (TPSA) is 75.6 Å². The first-order valence-corrected chi connectivity index (χ1v) is 5.60. The molecule has 1 rings (SSSR count). The average molecular weight is 251 g/mol. The van der Waals surface area contributed by atoms with Crippen LogP contribution in [0.15, 0.2) is 18.2 Å². The number of benzene rings is 1. The molecule has 0 saturated heterocycles. The van der Waals surface area contributed by atoms with E-state index in [1.54, 1.807) is 20.1 Å². The quantitative estimate of drug-likeness (QED) is 0.830. The standard InChI is InChI=1S/C13H17NO4/c1-8-4-10(6-11(5-8)13(16)17)12(15)14-7-9(2)18-3/h4-6,9H,7H2,1-3H3,(H,14,15)(H,16,17). The fraction of sp³-hybridized carbons (Fsp3) is 0.385. The number of aryl methyl sites for hydroxylation is 1. The Morgan fingerprint density at radius 3 is 2.50 bits per heavy atom. The number of nitrogens with one attached hydrogen (secondary N) is 1. The molecular weight excluding hydrogens is 234 g/mol. The number of hydrogen-bond acceptors (Lipinski definition) is 3. The molecule has 98 valence electrons. The summed E-state index contributed by atoms with van der Waals surface area (Å²) in [7, 11) is 1.56. The van der Waals surface area contributed by atoms with Crippen LogP contribution in [0.2, 0.25) is 0 Å². The van der Waals surface area contributed by atoms with Crippen LogP contribution in [-0.4, -0.2) is 36.7 Å². The molecule has 0 aliphatic carbocycles. The number of carboxylic acids is 1. The monoisotopic (exact) mass is 251 g/mol. The van der Waals surface area contributed by atoms with Gasteiger partial charge < -0.3 is 15.2 Å². The number of ether oxygens (including phenoxy) is 1. The van der Waals surface area contributed by atoms with Gasteiger partial charge in [0.25, 0.3) is 5.91 Å². The highest BCUT2D eigenvalue weighted by atomic mass is 16.5. The molecule has 0 heterocycles. The van der Waals surface area contributed by atoms with Gasteiger partial charge in [-0.15, -0.1) is 0 Å². The van der Waals surface area contributed by atoms with Crippen LogP contribution >= 0.6 is 0 Å². The van der Waals surface area contributed by atoms with E-state index in [2.05, 4.69) is 5.32 Å². The summed E-state index contributed by atoms with van der Waals surface area (Å²) in [5, 5.41) is 11.6. The van der Waals surface area contributed by atoms with Crippen molar-refractivity contribution in [2.75, 3.05) is 13.7 Å². The summed E-state index contributed by atoms with van der Waals surface area (Å²) in [6.07, 6.45) is -0.0855. The van der Waals surface area contributed by atoms with E-state index in [-0.39, 0.29) is 17.6 Å². The number of aromatic carboxylic acids is 1. The second kappa shape index (κ2) is 6.16. The number of hydrogen-bond donors (Lipinski definition) is 2. The van der Waals surface area contributed by atoms with Crippen molar-refractivity contribution < 1.29 is 19.4 Å². The van der Waals surface area contributed by atoms with E-state index in [4.69, 9.17) is 9.84 Å². The summed E-state index contributed by atoms with van der Waals surface area (Å²) >= 11 is 0. The molecule has 1 aromatic carbocycles. The lowest BCUT2D eigenvalue weighted by molar-refractivity contribution is 0.0696. The third-order valence-corrected chi connectivity index (χ3v) is 2.54. The number of methoxy groups -OCH3 is 1. The first kappa shape index (κ1) is 14.2. The summed E-state index contributed by atoms with van der Waals surface area (Å²) in [6, 6.07) is 4.54. The summed E-state index contributed by atoms with van der Waals surface area (Å²) in [5.41, 5.74) is 1.19. The van der Waals surface area contributed by atoms with Crippen molar-refractivity contribution in [2.45, 2.75) is 20.0 Å². The lowest BCUT2D eigenvalue weighted by Crippen LogP contribution is -2.31. The van der Waals surface area contributed by atoms with Gasteiger partial charge in [-0.1, -0.05) is 0 Å². The fourth-order valence-corrected chi connectivity index (χ4v) is 1.46. The predicted octanol–water partition coefficient (Wildman–Crippen LogP) is 1.46. The van der Waals surface area contributed by atoms with E-state index in [0.717, 1.165) is 5.56 Å². The lowest BCUT2D eigenvalue weighted by atomic mass is 10.1. The second-order valence-electron chi connectivity index (χ2n) is 4.15. The van der Waals surface area contributed by atoms with E-state index in [1.807, 2.05) is 6.92 Å². The van der Waals surface area contributed by atoms with E-state index in [1.165, 1.54) is 12.1 Å². The van der Waals surface area contributed by atoms with E-state index in [9.17, 15) is 9.59 Å². The van der Waals surface area contributed by atoms with E-state index in [0.29, 0.717) is 12.1 Å². The van der Waals surface area contributed by atoms with Crippen molar-refractivity contribution in [2.24, 2.45) is 0 Å². The first-order chi connectivity index (χ1) is 8.43. The van der Waals surface area contributed by atoms with Crippen LogP contribution in [0.4, 0.5) is 0 Å². The zero-order valence-corrected chi connectivity index (χ0v) is 10.7. The van der Waals surface area contributed by atoms with Crippen LogP contribution in [0.25, 0.3) is 0 Å². The largest absolute Gasteiger partial charge is 0.478 e. The van der Waals surface area contributed by atoms with E-state index < -0.39 is 5.97 Å². The van der Waals surface area contributed by atoms with Gasteiger partial charge in [-0.25, -0.2) is 4.79 Å². The number of rotatable bonds is 5. The molecule has 0 aliphatic heterocycles. The van der Waals surface area contributed by atoms with Gasteiger partial charge in [0.05, 0.1) is 11.7 Å². The molecule has 18 heavy (non-hydrogen) atoms. The molecule has 0 spiro atoms. The maximum atomic E-state index is 11.8. The highest BCUT2D eigenvalue weighted by molar-refractivity contribution is 5.97. The Hall–Kier alpha value is -1.88. The molecule has 5 heteroatoms. The molecule has 1 unspecified atom stereocenters. The molecule has 0 aliphatic rings. The minimum absolute atomic E-state index is 0.0855. The molecule has 1 atom stereocenters. The normalized spacial score (nSPS) is 11.9. The lowest BCUT2D eigenvalue weighted by Gasteiger charge is -2.11. The van der Waals surface area contributed by atoms with Crippen LogP contribution in [-0.2, 0) is 4.74 Å². The minimum Gasteiger partial charge on any atom is -0.478 e. The minimum atomic E-state index is -1.04. The fourth-order valence-electron chi connectivity index (χ4n) is 1.46. The first-order valence-electron chi connectivity index (χ1n) is 5.60. The van der Waals surface area contributed by atoms with Gasteiger partial charge in [0, 0.05) is 19.2 Å². The average Bonchev–Trinajstić information content (AvgIpc) is 2.34. The Morgan fingerprint density at radius 2 is 1.94 bits per heavy atom. The van der Waals surface area contributed by atoms with Crippen molar-refractivity contribution >= 4 is 11.9 Å². The molecule has 2 N–H and O–H groups in total. The van der Waals surface area contributed by atoms with Gasteiger partial charge in [0.15, 0.2) is 0 Å². The summed E-state index contributed by atoms with van der Waals surface area (Å²) in [4.78, 5) is 22.7. The van der Waals surface area contributed by atoms with Crippen LogP contribution in [0, 0.1) is 6.92 Å². The molecule has 0 saturated carbocycles. The smallest absolute Gasteiger partial charge is 0.335 e. The Bertz CT molecular complexity index is 456. The second-order valence-corrected chi connectivity index (χ2v) is 4.15. The Labute approximate surface area is 106 Å². The molecule has 1 aromatic rings. The van der Waals surface area contributed by atoms with Gasteiger partial charge in [-0.05, 0) is 37.6 Å². The third kappa shape index (κ3) is 3.85. The van der Waals surface area contributed by atoms with Gasteiger partial charge in [-0.3, -0.25) is 4.79 Å². The van der Waals surface area contributed by atoms with Crippen LogP contribution < -0.4 is 5.32 Å². The Balaban J connectivity index is 2.82. The molecule has 0 fully saturated rings. The maximum Gasteiger partial charge on any atom is 0.335 e. The number of carboxylic acid groups (broad SMARTS) is 1. The van der Waals surface area contributed by atoms with Crippen LogP contribution in [0.1, 0.15) is 33.2 Å². The molecular formula is C13H17NO4. The van der Waals surface area contributed by atoms with Gasteiger partial charge >= 0.3 is 5.97 Å². The van der Waals surface area contributed by atoms with Crippen LogP contribution in [0.3, 0.4) is 0 Å². The molecule has 0 radical (unpaired) electrons. The third-order valence-electron chi connectivity index (χ3n) is 2.54. The van der Waals surface area contributed by atoms with Crippen molar-refractivity contribution in [3.63, 3.8) is 0 Å². The highest BCUT2D eigenvalue weighted by Crippen LogP contribution is 2.10. The maximum absolute atomic E-state index is 11.8. The van der Waals surface area contributed by atoms with Crippen molar-refractivity contribution in [3.8, 4) is 0 Å². The van der Waals surface area contributed by atoms with Crippen molar-refractivity contribution in [3.05, 3.63) is 34.9 Å². The summed E-state index contributed by atoms with van der Waals surface area (Å²) < 4.78 is 5.01. The summed E-state index contributed by atoms with van der Waals surface area (Å²) in [5.74, 6) is -1.34. The van der Waals surface area contributed by atoms with Crippen molar-refractivity contribution in [1.29, 1.82) is 0 Å². The zero-order chi connectivity index (χ0) is 13.7. The number of carbonyl (C=O) groups excluding carboxylic acids is 1. The van der Waals surface area contributed by atoms with Gasteiger partial charge in [-0.2, -0.15) is 0 Å². The highest BCUT2D eigenvalue weighted by Gasteiger charge is 2.11. The summed E-state index contributed by atoms with van der Waals surface area (Å²) in [6.45, 7) is 3.96. The molecule has 0 bridgehead atoms. The molecule has 1 amide bonds. The SMILES string of the molecule is COC(C)CNC(=O)c1cc(C)cc(C(=O)O)c1. The Kier molecular flexibility index (Phi) is 4.85. The molecule has 0 aromatic heterocycles. The van der Waals surface area contributed by atoms with Crippen molar-refractivity contribution in [1.82, 2.24) is 5.32 Å².